The number of anilines is 1. The Hall–Kier alpha value is -2.37. The molecule has 140 valence electrons. The smallest absolute Gasteiger partial charge is 0.262 e. The second-order valence-electron chi connectivity index (χ2n) is 6.42. The molecule has 0 aliphatic carbocycles. The molecule has 2 aromatic carbocycles. The summed E-state index contributed by atoms with van der Waals surface area (Å²) in [4.78, 5) is 39.1. The number of carbonyl (C=O) groups is 3. The van der Waals surface area contributed by atoms with Crippen molar-refractivity contribution in [2.45, 2.75) is 33.2 Å². The van der Waals surface area contributed by atoms with Crippen molar-refractivity contribution in [3.63, 3.8) is 0 Å². The van der Waals surface area contributed by atoms with Gasteiger partial charge >= 0.3 is 0 Å². The molecule has 0 unspecified atom stereocenters. The van der Waals surface area contributed by atoms with Crippen LogP contribution in [0, 0.1) is 6.92 Å². The minimum atomic E-state index is -0.987. The van der Waals surface area contributed by atoms with E-state index in [4.69, 9.17) is 23.2 Å². The van der Waals surface area contributed by atoms with Crippen LogP contribution in [0.25, 0.3) is 0 Å². The number of halogens is 2. The average molecular weight is 405 g/mol. The van der Waals surface area contributed by atoms with E-state index in [1.807, 2.05) is 32.0 Å². The molecule has 0 aromatic heterocycles. The van der Waals surface area contributed by atoms with Gasteiger partial charge in [0.1, 0.15) is 6.04 Å². The van der Waals surface area contributed by atoms with Gasteiger partial charge in [0, 0.05) is 5.69 Å². The number of hydrogen-bond donors (Lipinski definition) is 1. The molecule has 3 rings (SSSR count). The highest BCUT2D eigenvalue weighted by Crippen LogP contribution is 2.32. The molecule has 0 radical (unpaired) electrons. The predicted octanol–water partition coefficient (Wildman–Crippen LogP) is 4.49. The maximum absolute atomic E-state index is 12.8. The van der Waals surface area contributed by atoms with Gasteiger partial charge in [-0.25, -0.2) is 0 Å². The van der Waals surface area contributed by atoms with Crippen LogP contribution in [0.3, 0.4) is 0 Å². The summed E-state index contributed by atoms with van der Waals surface area (Å²) in [5.74, 6) is -1.56. The highest BCUT2D eigenvalue weighted by molar-refractivity contribution is 6.43. The van der Waals surface area contributed by atoms with Gasteiger partial charge in [0.2, 0.25) is 5.91 Å². The Morgan fingerprint density at radius 3 is 2.19 bits per heavy atom. The summed E-state index contributed by atoms with van der Waals surface area (Å²) in [7, 11) is 0. The van der Waals surface area contributed by atoms with Crippen molar-refractivity contribution < 1.29 is 14.4 Å². The Labute approximate surface area is 167 Å². The second kappa shape index (κ2) is 7.33. The molecule has 3 amide bonds. The average Bonchev–Trinajstić information content (AvgIpc) is 2.87. The van der Waals surface area contributed by atoms with Gasteiger partial charge in [-0.1, -0.05) is 48.3 Å². The van der Waals surface area contributed by atoms with E-state index in [9.17, 15) is 14.4 Å². The van der Waals surface area contributed by atoms with E-state index in [0.29, 0.717) is 5.69 Å². The SMILES string of the molecule is CCc1cccc(C)c1NC(=O)[C@H](C)N1C(=O)c2cc(Cl)c(Cl)cc2C1=O. The van der Waals surface area contributed by atoms with E-state index in [1.54, 1.807) is 0 Å². The number of rotatable bonds is 4. The van der Waals surface area contributed by atoms with Crippen LogP contribution in [0.5, 0.6) is 0 Å². The molecular weight excluding hydrogens is 387 g/mol. The van der Waals surface area contributed by atoms with E-state index in [0.717, 1.165) is 22.4 Å². The molecule has 2 aromatic rings. The Morgan fingerprint density at radius 2 is 1.67 bits per heavy atom. The molecular formula is C20H18Cl2N2O3. The minimum absolute atomic E-state index is 0.152. The number of amides is 3. The molecule has 0 saturated carbocycles. The topological polar surface area (TPSA) is 66.5 Å². The normalized spacial score (nSPS) is 14.3. The van der Waals surface area contributed by atoms with Crippen molar-refractivity contribution in [2.75, 3.05) is 5.32 Å². The van der Waals surface area contributed by atoms with Gasteiger partial charge in [-0.2, -0.15) is 0 Å². The summed E-state index contributed by atoms with van der Waals surface area (Å²) >= 11 is 11.9. The van der Waals surface area contributed by atoms with E-state index < -0.39 is 23.8 Å². The molecule has 0 spiro atoms. The quantitative estimate of drug-likeness (QED) is 0.763. The lowest BCUT2D eigenvalue weighted by atomic mass is 10.1. The first-order chi connectivity index (χ1) is 12.8. The van der Waals surface area contributed by atoms with Crippen molar-refractivity contribution >= 4 is 46.6 Å². The number of benzene rings is 2. The zero-order valence-corrected chi connectivity index (χ0v) is 16.6. The van der Waals surface area contributed by atoms with Crippen molar-refractivity contribution in [1.82, 2.24) is 4.90 Å². The van der Waals surface area contributed by atoms with Gasteiger partial charge in [0.05, 0.1) is 21.2 Å². The third-order valence-electron chi connectivity index (χ3n) is 4.71. The number of fused-ring (bicyclic) bond motifs is 1. The molecule has 1 heterocycles. The van der Waals surface area contributed by atoms with E-state index in [-0.39, 0.29) is 21.2 Å². The number of aryl methyl sites for hydroxylation is 2. The van der Waals surface area contributed by atoms with E-state index in [2.05, 4.69) is 5.32 Å². The van der Waals surface area contributed by atoms with Crippen molar-refractivity contribution in [3.8, 4) is 0 Å². The van der Waals surface area contributed by atoms with Crippen LogP contribution in [0.15, 0.2) is 30.3 Å². The summed E-state index contributed by atoms with van der Waals surface area (Å²) < 4.78 is 0. The second-order valence-corrected chi connectivity index (χ2v) is 7.23. The van der Waals surface area contributed by atoms with Gasteiger partial charge in [-0.3, -0.25) is 19.3 Å². The third-order valence-corrected chi connectivity index (χ3v) is 5.44. The van der Waals surface area contributed by atoms with Crippen LogP contribution in [0.2, 0.25) is 10.0 Å². The summed E-state index contributed by atoms with van der Waals surface area (Å²) in [6, 6.07) is 7.48. The zero-order chi connectivity index (χ0) is 19.9. The molecule has 27 heavy (non-hydrogen) atoms. The van der Waals surface area contributed by atoms with Gasteiger partial charge in [0.15, 0.2) is 0 Å². The fourth-order valence-corrected chi connectivity index (χ4v) is 3.48. The Kier molecular flexibility index (Phi) is 5.27. The summed E-state index contributed by atoms with van der Waals surface area (Å²) in [5.41, 5.74) is 2.91. The van der Waals surface area contributed by atoms with Crippen LogP contribution in [-0.4, -0.2) is 28.7 Å². The van der Waals surface area contributed by atoms with E-state index >= 15 is 0 Å². The van der Waals surface area contributed by atoms with Crippen LogP contribution in [0.4, 0.5) is 5.69 Å². The number of carbonyl (C=O) groups excluding carboxylic acids is 3. The number of imide groups is 1. The molecule has 0 bridgehead atoms. The van der Waals surface area contributed by atoms with Gasteiger partial charge in [-0.05, 0) is 43.5 Å². The summed E-state index contributed by atoms with van der Waals surface area (Å²) in [5, 5.41) is 3.23. The van der Waals surface area contributed by atoms with Crippen LogP contribution in [0.1, 0.15) is 45.7 Å². The predicted molar refractivity (Wildman–Crippen MR) is 106 cm³/mol. The zero-order valence-electron chi connectivity index (χ0n) is 15.1. The van der Waals surface area contributed by atoms with Gasteiger partial charge < -0.3 is 5.32 Å². The summed E-state index contributed by atoms with van der Waals surface area (Å²) in [6.07, 6.45) is 0.746. The molecule has 7 heteroatoms. The molecule has 1 N–H and O–H groups in total. The third kappa shape index (κ3) is 3.33. The minimum Gasteiger partial charge on any atom is -0.324 e. The molecule has 0 saturated heterocycles. The van der Waals surface area contributed by atoms with Gasteiger partial charge in [0.25, 0.3) is 11.8 Å². The monoisotopic (exact) mass is 404 g/mol. The molecule has 5 nitrogen and oxygen atoms in total. The fourth-order valence-electron chi connectivity index (χ4n) is 3.15. The largest absolute Gasteiger partial charge is 0.324 e. The number of hydrogen-bond acceptors (Lipinski definition) is 3. The fraction of sp³-hybridized carbons (Fsp3) is 0.250. The molecule has 0 fully saturated rings. The highest BCUT2D eigenvalue weighted by atomic mass is 35.5. The molecule has 1 aliphatic heterocycles. The van der Waals surface area contributed by atoms with Crippen LogP contribution in [-0.2, 0) is 11.2 Å². The number of para-hydroxylation sites is 1. The Morgan fingerprint density at radius 1 is 1.11 bits per heavy atom. The Balaban J connectivity index is 1.89. The van der Waals surface area contributed by atoms with Crippen LogP contribution < -0.4 is 5.32 Å². The lowest BCUT2D eigenvalue weighted by Gasteiger charge is -2.23. The van der Waals surface area contributed by atoms with Gasteiger partial charge in [-0.15, -0.1) is 0 Å². The van der Waals surface area contributed by atoms with E-state index in [1.165, 1.54) is 19.1 Å². The lowest BCUT2D eigenvalue weighted by Crippen LogP contribution is -2.45. The first kappa shape index (κ1) is 19.4. The summed E-state index contributed by atoms with van der Waals surface area (Å²) in [6.45, 7) is 5.40. The van der Waals surface area contributed by atoms with Crippen LogP contribution >= 0.6 is 23.2 Å². The van der Waals surface area contributed by atoms with Crippen molar-refractivity contribution in [1.29, 1.82) is 0 Å². The molecule has 1 atom stereocenters. The number of nitrogens with zero attached hydrogens (tertiary/aromatic N) is 1. The maximum atomic E-state index is 12.8. The number of nitrogens with one attached hydrogen (secondary N) is 1. The highest BCUT2D eigenvalue weighted by Gasteiger charge is 2.41. The van der Waals surface area contributed by atoms with Crippen molar-refractivity contribution in [3.05, 3.63) is 62.6 Å². The maximum Gasteiger partial charge on any atom is 0.262 e. The Bertz CT molecular complexity index is 931. The standard InChI is InChI=1S/C20H18Cl2N2O3/c1-4-12-7-5-6-10(2)17(12)23-18(25)11(3)24-19(26)13-8-15(21)16(22)9-14(13)20(24)27/h5-9,11H,4H2,1-3H3,(H,23,25)/t11-/m0/s1. The lowest BCUT2D eigenvalue weighted by molar-refractivity contribution is -0.119. The molecule has 1 aliphatic rings. The first-order valence-electron chi connectivity index (χ1n) is 8.52. The first-order valence-corrected chi connectivity index (χ1v) is 9.28. The van der Waals surface area contributed by atoms with Crippen molar-refractivity contribution in [2.24, 2.45) is 0 Å².